The van der Waals surface area contributed by atoms with Crippen molar-refractivity contribution in [1.82, 2.24) is 4.98 Å². The molecule has 0 amide bonds. The molecule has 0 atom stereocenters. The van der Waals surface area contributed by atoms with Crippen LogP contribution in [0.5, 0.6) is 0 Å². The summed E-state index contributed by atoms with van der Waals surface area (Å²) in [6.45, 7) is 4.38. The molecule has 0 bridgehead atoms. The number of thiophene rings is 1. The van der Waals surface area contributed by atoms with Crippen LogP contribution in [0.25, 0.3) is 11.3 Å². The topological polar surface area (TPSA) is 25.2 Å². The second-order valence-corrected chi connectivity index (χ2v) is 8.03. The van der Waals surface area contributed by atoms with Crippen LogP contribution in [0.3, 0.4) is 0 Å². The number of thiazole rings is 1. The first-order valence-corrected chi connectivity index (χ1v) is 9.58. The van der Waals surface area contributed by atoms with Crippen LogP contribution in [-0.2, 0) is 12.8 Å². The highest BCUT2D eigenvalue weighted by atomic mass is 32.1. The molecule has 0 saturated carbocycles. The van der Waals surface area contributed by atoms with Crippen LogP contribution in [0.4, 0.5) is 5.13 Å². The Bertz CT molecular complexity index is 873. The van der Waals surface area contributed by atoms with E-state index in [1.165, 1.54) is 38.4 Å². The summed E-state index contributed by atoms with van der Waals surface area (Å²) in [6, 6.07) is 8.77. The molecule has 2 heterocycles. The molecular formula is C19H18N2S2. The van der Waals surface area contributed by atoms with E-state index >= 15 is 0 Å². The summed E-state index contributed by atoms with van der Waals surface area (Å²) in [5.74, 6) is 0. The number of fused-ring (bicyclic) bond motifs is 3. The lowest BCUT2D eigenvalue weighted by Crippen LogP contribution is -1.92. The van der Waals surface area contributed by atoms with Crippen molar-refractivity contribution >= 4 is 34.0 Å². The maximum Gasteiger partial charge on any atom is 0.209 e. The molecule has 0 radical (unpaired) electrons. The molecule has 4 heteroatoms. The molecule has 0 fully saturated rings. The van der Waals surface area contributed by atoms with Gasteiger partial charge in [0.2, 0.25) is 5.13 Å². The summed E-state index contributed by atoms with van der Waals surface area (Å²) >= 11 is 3.44. The summed E-state index contributed by atoms with van der Waals surface area (Å²) in [5, 5.41) is 2.94. The molecule has 0 aliphatic heterocycles. The summed E-state index contributed by atoms with van der Waals surface area (Å²) in [6.07, 6.45) is 5.37. The van der Waals surface area contributed by atoms with E-state index in [2.05, 4.69) is 42.4 Å². The predicted molar refractivity (Wildman–Crippen MR) is 101 cm³/mol. The van der Waals surface area contributed by atoms with Gasteiger partial charge in [0, 0.05) is 21.5 Å². The molecule has 1 aliphatic carbocycles. The lowest BCUT2D eigenvalue weighted by molar-refractivity contribution is 0.842. The van der Waals surface area contributed by atoms with Crippen molar-refractivity contribution in [2.75, 3.05) is 0 Å². The number of hydrogen-bond donors (Lipinski definition) is 0. The highest BCUT2D eigenvalue weighted by Crippen LogP contribution is 2.39. The zero-order valence-corrected chi connectivity index (χ0v) is 14.9. The standard InChI is InChI=1S/C19H18N2S2/c1-12-9-14-5-3-7-17-18(16(14)10-13(12)2)21-19(23-17)20-11-15-6-4-8-22-15/h4,6,8-11H,3,5,7H2,1-2H3/b20-11+. The van der Waals surface area contributed by atoms with Gasteiger partial charge in [0.15, 0.2) is 0 Å². The van der Waals surface area contributed by atoms with Gasteiger partial charge in [0.25, 0.3) is 0 Å². The Labute approximate surface area is 144 Å². The van der Waals surface area contributed by atoms with Gasteiger partial charge in [0.05, 0.1) is 5.69 Å². The van der Waals surface area contributed by atoms with E-state index in [4.69, 9.17) is 4.98 Å². The van der Waals surface area contributed by atoms with Crippen molar-refractivity contribution in [2.45, 2.75) is 33.1 Å². The van der Waals surface area contributed by atoms with Crippen LogP contribution >= 0.6 is 22.7 Å². The molecule has 23 heavy (non-hydrogen) atoms. The van der Waals surface area contributed by atoms with Crippen LogP contribution in [0.15, 0.2) is 34.6 Å². The Morgan fingerprint density at radius 2 is 2.04 bits per heavy atom. The fourth-order valence-electron chi connectivity index (χ4n) is 3.00. The minimum absolute atomic E-state index is 0.870. The maximum absolute atomic E-state index is 4.85. The van der Waals surface area contributed by atoms with E-state index in [1.54, 1.807) is 22.7 Å². The maximum atomic E-state index is 4.85. The number of hydrogen-bond acceptors (Lipinski definition) is 4. The van der Waals surface area contributed by atoms with Gasteiger partial charge in [-0.15, -0.1) is 11.3 Å². The molecule has 2 nitrogen and oxygen atoms in total. The highest BCUT2D eigenvalue weighted by molar-refractivity contribution is 7.16. The quantitative estimate of drug-likeness (QED) is 0.548. The van der Waals surface area contributed by atoms with Crippen molar-refractivity contribution in [3.05, 3.63) is 56.1 Å². The Balaban J connectivity index is 1.76. The molecule has 3 aromatic rings. The zero-order chi connectivity index (χ0) is 15.8. The molecule has 2 aromatic heterocycles. The average Bonchev–Trinajstić information content (AvgIpc) is 3.15. The summed E-state index contributed by atoms with van der Waals surface area (Å²) in [7, 11) is 0. The first-order chi connectivity index (χ1) is 11.2. The molecule has 4 rings (SSSR count). The van der Waals surface area contributed by atoms with Gasteiger partial charge >= 0.3 is 0 Å². The zero-order valence-electron chi connectivity index (χ0n) is 13.3. The second kappa shape index (κ2) is 6.02. The van der Waals surface area contributed by atoms with E-state index < -0.39 is 0 Å². The Morgan fingerprint density at radius 1 is 1.17 bits per heavy atom. The third-order valence-electron chi connectivity index (χ3n) is 4.36. The molecule has 1 aliphatic rings. The van der Waals surface area contributed by atoms with Crippen molar-refractivity contribution in [3.63, 3.8) is 0 Å². The first kappa shape index (κ1) is 14.8. The van der Waals surface area contributed by atoms with Gasteiger partial charge < -0.3 is 0 Å². The van der Waals surface area contributed by atoms with E-state index in [1.807, 2.05) is 12.3 Å². The van der Waals surface area contributed by atoms with Gasteiger partial charge in [0.1, 0.15) is 0 Å². The highest BCUT2D eigenvalue weighted by Gasteiger charge is 2.19. The number of rotatable bonds is 2. The number of benzene rings is 1. The number of aliphatic imine (C=N–C) groups is 1. The predicted octanol–water partition coefficient (Wildman–Crippen LogP) is 5.73. The third kappa shape index (κ3) is 2.89. The second-order valence-electron chi connectivity index (χ2n) is 5.99. The fraction of sp³-hybridized carbons (Fsp3) is 0.263. The molecular weight excluding hydrogens is 320 g/mol. The van der Waals surface area contributed by atoms with E-state index in [-0.39, 0.29) is 0 Å². The van der Waals surface area contributed by atoms with Gasteiger partial charge in [-0.2, -0.15) is 0 Å². The van der Waals surface area contributed by atoms with Gasteiger partial charge in [-0.25, -0.2) is 9.98 Å². The monoisotopic (exact) mass is 338 g/mol. The average molecular weight is 339 g/mol. The molecule has 0 spiro atoms. The first-order valence-electron chi connectivity index (χ1n) is 7.88. The smallest absolute Gasteiger partial charge is 0.209 e. The number of aryl methyl sites for hydroxylation is 4. The minimum atomic E-state index is 0.870. The SMILES string of the molecule is Cc1cc2c(cc1C)-c1nc(/N=C/c3cccs3)sc1CCC2. The summed E-state index contributed by atoms with van der Waals surface area (Å²) in [5.41, 5.74) is 6.62. The molecule has 0 saturated heterocycles. The number of nitrogens with zero attached hydrogens (tertiary/aromatic N) is 2. The minimum Gasteiger partial charge on any atom is -0.226 e. The normalized spacial score (nSPS) is 13.8. The number of aromatic nitrogens is 1. The third-order valence-corrected chi connectivity index (χ3v) is 6.19. The van der Waals surface area contributed by atoms with E-state index in [0.29, 0.717) is 0 Å². The van der Waals surface area contributed by atoms with E-state index in [0.717, 1.165) is 23.7 Å². The van der Waals surface area contributed by atoms with Gasteiger partial charge in [-0.3, -0.25) is 0 Å². The van der Waals surface area contributed by atoms with Crippen molar-refractivity contribution in [3.8, 4) is 11.3 Å². The summed E-state index contributed by atoms with van der Waals surface area (Å²) < 4.78 is 0. The van der Waals surface area contributed by atoms with Crippen LogP contribution in [0.2, 0.25) is 0 Å². The Morgan fingerprint density at radius 3 is 2.87 bits per heavy atom. The van der Waals surface area contributed by atoms with Crippen LogP contribution in [-0.4, -0.2) is 11.2 Å². The molecule has 116 valence electrons. The fourth-order valence-corrected chi connectivity index (χ4v) is 4.55. The van der Waals surface area contributed by atoms with E-state index in [9.17, 15) is 0 Å². The lowest BCUT2D eigenvalue weighted by atomic mass is 9.97. The van der Waals surface area contributed by atoms with Crippen molar-refractivity contribution in [1.29, 1.82) is 0 Å². The van der Waals surface area contributed by atoms with Gasteiger partial charge in [-0.1, -0.05) is 23.5 Å². The Hall–Kier alpha value is -1.78. The largest absolute Gasteiger partial charge is 0.226 e. The van der Waals surface area contributed by atoms with Crippen LogP contribution in [0.1, 0.15) is 32.9 Å². The van der Waals surface area contributed by atoms with Gasteiger partial charge in [-0.05, 0) is 67.3 Å². The molecule has 0 N–H and O–H groups in total. The van der Waals surface area contributed by atoms with Crippen LogP contribution < -0.4 is 0 Å². The van der Waals surface area contributed by atoms with Crippen molar-refractivity contribution in [2.24, 2.45) is 4.99 Å². The van der Waals surface area contributed by atoms with Crippen LogP contribution in [0, 0.1) is 13.8 Å². The van der Waals surface area contributed by atoms with Crippen molar-refractivity contribution < 1.29 is 0 Å². The molecule has 0 unspecified atom stereocenters. The summed E-state index contributed by atoms with van der Waals surface area (Å²) in [4.78, 5) is 12.0. The molecule has 1 aromatic carbocycles. The lowest BCUT2D eigenvalue weighted by Gasteiger charge is -2.09. The Kier molecular flexibility index (Phi) is 3.87.